The van der Waals surface area contributed by atoms with Gasteiger partial charge in [-0.3, -0.25) is 9.48 Å². The third-order valence-corrected chi connectivity index (χ3v) is 4.19. The summed E-state index contributed by atoms with van der Waals surface area (Å²) in [5, 5.41) is 4.19. The first-order chi connectivity index (χ1) is 9.74. The summed E-state index contributed by atoms with van der Waals surface area (Å²) in [5.41, 5.74) is 3.39. The molecular weight excluding hydrogens is 248 g/mol. The number of ketones is 1. The molecule has 104 valence electrons. The van der Waals surface area contributed by atoms with Crippen molar-refractivity contribution in [2.24, 2.45) is 13.0 Å². The van der Waals surface area contributed by atoms with Crippen LogP contribution in [0.5, 0.6) is 0 Å². The number of aromatic nitrogens is 2. The Bertz CT molecular complexity index is 615. The molecule has 1 unspecified atom stereocenters. The van der Waals surface area contributed by atoms with Gasteiger partial charge < -0.3 is 0 Å². The fourth-order valence-electron chi connectivity index (χ4n) is 3.09. The van der Waals surface area contributed by atoms with Gasteiger partial charge in [-0.15, -0.1) is 0 Å². The second kappa shape index (κ2) is 5.61. The molecule has 1 aromatic carbocycles. The number of benzene rings is 1. The van der Waals surface area contributed by atoms with Crippen molar-refractivity contribution in [1.82, 2.24) is 9.78 Å². The fraction of sp³-hybridized carbons (Fsp3) is 0.412. The first-order valence-electron chi connectivity index (χ1n) is 7.33. The number of rotatable bonds is 3. The summed E-state index contributed by atoms with van der Waals surface area (Å²) in [6.45, 7) is 0. The molecule has 1 aliphatic carbocycles. The Morgan fingerprint density at radius 2 is 2.20 bits per heavy atom. The zero-order valence-corrected chi connectivity index (χ0v) is 11.9. The molecule has 0 fully saturated rings. The van der Waals surface area contributed by atoms with Gasteiger partial charge in [-0.1, -0.05) is 24.3 Å². The predicted octanol–water partition coefficient (Wildman–Crippen LogP) is 3.19. The van der Waals surface area contributed by atoms with Crippen LogP contribution < -0.4 is 0 Å². The molecule has 0 N–H and O–H groups in total. The Labute approximate surface area is 119 Å². The lowest BCUT2D eigenvalue weighted by atomic mass is 9.90. The van der Waals surface area contributed by atoms with Crippen molar-refractivity contribution in [3.63, 3.8) is 0 Å². The molecule has 1 aliphatic rings. The molecule has 3 rings (SSSR count). The quantitative estimate of drug-likeness (QED) is 0.801. The number of aryl methyl sites for hydroxylation is 3. The van der Waals surface area contributed by atoms with Gasteiger partial charge in [0.25, 0.3) is 0 Å². The lowest BCUT2D eigenvalue weighted by Gasteiger charge is -2.12. The first kappa shape index (κ1) is 13.1. The van der Waals surface area contributed by atoms with E-state index >= 15 is 0 Å². The summed E-state index contributed by atoms with van der Waals surface area (Å²) < 4.78 is 1.82. The second-order valence-electron chi connectivity index (χ2n) is 5.67. The third-order valence-electron chi connectivity index (χ3n) is 4.19. The molecule has 2 aromatic rings. The smallest absolute Gasteiger partial charge is 0.166 e. The number of fused-ring (bicyclic) bond motifs is 1. The number of hydrogen-bond donors (Lipinski definition) is 0. The number of carbonyl (C=O) groups is 1. The van der Waals surface area contributed by atoms with Crippen molar-refractivity contribution < 1.29 is 4.79 Å². The predicted molar refractivity (Wildman–Crippen MR) is 78.7 cm³/mol. The van der Waals surface area contributed by atoms with E-state index < -0.39 is 0 Å². The van der Waals surface area contributed by atoms with E-state index in [9.17, 15) is 4.79 Å². The van der Waals surface area contributed by atoms with Crippen molar-refractivity contribution in [1.29, 1.82) is 0 Å². The molecule has 0 aliphatic heterocycles. The van der Waals surface area contributed by atoms with Crippen molar-refractivity contribution >= 4 is 5.78 Å². The van der Waals surface area contributed by atoms with E-state index in [4.69, 9.17) is 0 Å². The van der Waals surface area contributed by atoms with Gasteiger partial charge in [0.1, 0.15) is 0 Å². The van der Waals surface area contributed by atoms with E-state index in [0.717, 1.165) is 37.7 Å². The van der Waals surface area contributed by atoms with E-state index in [-0.39, 0.29) is 5.92 Å². The normalized spacial score (nSPS) is 18.6. The number of Topliss-reactive ketones (excluding diaryl/α,β-unsaturated/α-hetero) is 1. The maximum atomic E-state index is 12.6. The summed E-state index contributed by atoms with van der Waals surface area (Å²) in [7, 11) is 1.93. The minimum absolute atomic E-state index is 0.166. The van der Waals surface area contributed by atoms with Crippen LogP contribution in [0.15, 0.2) is 36.7 Å². The molecule has 3 heteroatoms. The van der Waals surface area contributed by atoms with Crippen molar-refractivity contribution in [3.05, 3.63) is 53.3 Å². The first-order valence-corrected chi connectivity index (χ1v) is 7.33. The van der Waals surface area contributed by atoms with Gasteiger partial charge in [0.05, 0.1) is 6.20 Å². The standard InChI is InChI=1S/C17H20N2O/c1-19-12-13(11-18-19)9-10-15-7-4-6-14-5-2-3-8-16(14)17(15)20/h2-3,5,8,11-12,15H,4,6-7,9-10H2,1H3. The minimum Gasteiger partial charge on any atom is -0.294 e. The topological polar surface area (TPSA) is 34.9 Å². The third kappa shape index (κ3) is 2.67. The zero-order chi connectivity index (χ0) is 13.9. The summed E-state index contributed by atoms with van der Waals surface area (Å²) in [5.74, 6) is 0.501. The van der Waals surface area contributed by atoms with Crippen LogP contribution in [0.25, 0.3) is 0 Å². The van der Waals surface area contributed by atoms with E-state index in [1.165, 1.54) is 11.1 Å². The highest BCUT2D eigenvalue weighted by atomic mass is 16.1. The largest absolute Gasteiger partial charge is 0.294 e. The van der Waals surface area contributed by atoms with Crippen LogP contribution in [0, 0.1) is 5.92 Å². The molecule has 3 nitrogen and oxygen atoms in total. The minimum atomic E-state index is 0.166. The van der Waals surface area contributed by atoms with E-state index in [0.29, 0.717) is 5.78 Å². The van der Waals surface area contributed by atoms with Crippen molar-refractivity contribution in [3.8, 4) is 0 Å². The van der Waals surface area contributed by atoms with Gasteiger partial charge in [0, 0.05) is 24.7 Å². The average molecular weight is 268 g/mol. The number of nitrogens with zero attached hydrogens (tertiary/aromatic N) is 2. The zero-order valence-electron chi connectivity index (χ0n) is 11.9. The van der Waals surface area contributed by atoms with Crippen LogP contribution in [0.2, 0.25) is 0 Å². The van der Waals surface area contributed by atoms with Crippen LogP contribution in [0.1, 0.15) is 40.7 Å². The molecule has 0 bridgehead atoms. The van der Waals surface area contributed by atoms with Crippen LogP contribution in [0.3, 0.4) is 0 Å². The monoisotopic (exact) mass is 268 g/mol. The van der Waals surface area contributed by atoms with Gasteiger partial charge >= 0.3 is 0 Å². The van der Waals surface area contributed by atoms with E-state index in [1.807, 2.05) is 42.3 Å². The van der Waals surface area contributed by atoms with E-state index in [1.54, 1.807) is 0 Å². The Kier molecular flexibility index (Phi) is 3.68. The van der Waals surface area contributed by atoms with Gasteiger partial charge in [-0.25, -0.2) is 0 Å². The molecule has 0 amide bonds. The Morgan fingerprint density at radius 1 is 1.35 bits per heavy atom. The lowest BCUT2D eigenvalue weighted by Crippen LogP contribution is -2.14. The van der Waals surface area contributed by atoms with Crippen molar-refractivity contribution in [2.45, 2.75) is 32.1 Å². The highest BCUT2D eigenvalue weighted by molar-refractivity contribution is 5.99. The Morgan fingerprint density at radius 3 is 3.00 bits per heavy atom. The van der Waals surface area contributed by atoms with E-state index in [2.05, 4.69) is 11.2 Å². The molecule has 20 heavy (non-hydrogen) atoms. The fourth-order valence-corrected chi connectivity index (χ4v) is 3.09. The number of hydrogen-bond acceptors (Lipinski definition) is 2. The molecular formula is C17H20N2O. The molecule has 0 saturated heterocycles. The van der Waals surface area contributed by atoms with Crippen LogP contribution in [-0.2, 0) is 19.9 Å². The molecule has 0 saturated carbocycles. The second-order valence-corrected chi connectivity index (χ2v) is 5.67. The maximum Gasteiger partial charge on any atom is 0.166 e. The summed E-state index contributed by atoms with van der Waals surface area (Å²) in [6, 6.07) is 8.08. The van der Waals surface area contributed by atoms with Crippen LogP contribution in [-0.4, -0.2) is 15.6 Å². The Balaban J connectivity index is 1.72. The van der Waals surface area contributed by atoms with Gasteiger partial charge in [-0.2, -0.15) is 5.10 Å². The van der Waals surface area contributed by atoms with Crippen molar-refractivity contribution in [2.75, 3.05) is 0 Å². The van der Waals surface area contributed by atoms with Gasteiger partial charge in [-0.05, 0) is 43.2 Å². The number of carbonyl (C=O) groups excluding carboxylic acids is 1. The van der Waals surface area contributed by atoms with Gasteiger partial charge in [0.2, 0.25) is 0 Å². The SMILES string of the molecule is Cn1cc(CCC2CCCc3ccccc3C2=O)cn1. The lowest BCUT2D eigenvalue weighted by molar-refractivity contribution is 0.0909. The summed E-state index contributed by atoms with van der Waals surface area (Å²) in [4.78, 5) is 12.6. The average Bonchev–Trinajstić information content (AvgIpc) is 2.80. The van der Waals surface area contributed by atoms with Crippen LogP contribution in [0.4, 0.5) is 0 Å². The molecule has 1 heterocycles. The maximum absolute atomic E-state index is 12.6. The highest BCUT2D eigenvalue weighted by Gasteiger charge is 2.24. The van der Waals surface area contributed by atoms with Gasteiger partial charge in [0.15, 0.2) is 5.78 Å². The van der Waals surface area contributed by atoms with Crippen LogP contribution >= 0.6 is 0 Å². The molecule has 1 aromatic heterocycles. The molecule has 0 spiro atoms. The molecule has 1 atom stereocenters. The summed E-state index contributed by atoms with van der Waals surface area (Å²) >= 11 is 0. The Hall–Kier alpha value is -1.90. The molecule has 0 radical (unpaired) electrons. The summed E-state index contributed by atoms with van der Waals surface area (Å²) in [6.07, 6.45) is 8.95. The highest BCUT2D eigenvalue weighted by Crippen LogP contribution is 2.27.